The number of benzene rings is 1. The van der Waals surface area contributed by atoms with Crippen molar-refractivity contribution in [2.24, 2.45) is 0 Å². The lowest BCUT2D eigenvalue weighted by atomic mass is 10.2. The zero-order chi connectivity index (χ0) is 17.3. The van der Waals surface area contributed by atoms with Gasteiger partial charge in [-0.3, -0.25) is 0 Å². The Morgan fingerprint density at radius 2 is 2.00 bits per heavy atom. The lowest BCUT2D eigenvalue weighted by molar-refractivity contribution is 0.195. The van der Waals surface area contributed by atoms with Crippen molar-refractivity contribution < 1.29 is 18.3 Å². The fraction of sp³-hybridized carbons (Fsp3) is 0.500. The summed E-state index contributed by atoms with van der Waals surface area (Å²) in [4.78, 5) is 0. The van der Waals surface area contributed by atoms with Gasteiger partial charge in [-0.1, -0.05) is 0 Å². The van der Waals surface area contributed by atoms with Crippen LogP contribution in [0, 0.1) is 0 Å². The molecule has 2 aromatic rings. The molecule has 130 valence electrons. The van der Waals surface area contributed by atoms with Crippen molar-refractivity contribution in [3.63, 3.8) is 0 Å². The monoisotopic (exact) mass is 353 g/mol. The fourth-order valence-electron chi connectivity index (χ4n) is 3.08. The molecule has 1 aromatic heterocycles. The van der Waals surface area contributed by atoms with Gasteiger partial charge < -0.3 is 9.84 Å². The highest BCUT2D eigenvalue weighted by Gasteiger charge is 2.42. The maximum atomic E-state index is 12.2. The number of aliphatic hydroxyl groups excluding tert-OH is 1. The van der Waals surface area contributed by atoms with Crippen LogP contribution in [-0.4, -0.2) is 64.1 Å². The summed E-state index contributed by atoms with van der Waals surface area (Å²) < 4.78 is 32.3. The van der Waals surface area contributed by atoms with Crippen molar-refractivity contribution in [2.75, 3.05) is 20.0 Å². The molecule has 0 radical (unpaired) electrons. The highest BCUT2D eigenvalue weighted by molar-refractivity contribution is 7.88. The standard InChI is InChI=1S/C14H19N5O4S/c1-23-12-6-3-10(4-7-12)18-14(15-16-17-18)13-8-5-11(9-20)19(13)24(2,21)22/h3-4,6-7,11,13,20H,5,8-9H2,1-2H3/t11-,13+/m0/s1. The molecule has 0 aliphatic carbocycles. The summed E-state index contributed by atoms with van der Waals surface area (Å²) in [5.74, 6) is 1.13. The first-order chi connectivity index (χ1) is 11.5. The second-order valence-corrected chi connectivity index (χ2v) is 7.56. The van der Waals surface area contributed by atoms with Gasteiger partial charge in [0.1, 0.15) is 5.75 Å². The predicted molar refractivity (Wildman–Crippen MR) is 85.2 cm³/mol. The minimum Gasteiger partial charge on any atom is -0.497 e. The third-order valence-corrected chi connectivity index (χ3v) is 5.46. The molecule has 0 bridgehead atoms. The van der Waals surface area contributed by atoms with Crippen LogP contribution in [0.15, 0.2) is 24.3 Å². The number of sulfonamides is 1. The van der Waals surface area contributed by atoms with Crippen LogP contribution in [0.4, 0.5) is 0 Å². The smallest absolute Gasteiger partial charge is 0.212 e. The molecule has 1 aromatic carbocycles. The molecule has 1 aliphatic rings. The molecule has 0 saturated carbocycles. The van der Waals surface area contributed by atoms with Gasteiger partial charge in [0, 0.05) is 6.04 Å². The Bertz CT molecular complexity index is 805. The molecule has 10 heteroatoms. The zero-order valence-corrected chi connectivity index (χ0v) is 14.2. The van der Waals surface area contributed by atoms with Crippen molar-refractivity contribution in [1.29, 1.82) is 0 Å². The molecule has 1 saturated heterocycles. The van der Waals surface area contributed by atoms with E-state index in [1.165, 1.54) is 8.99 Å². The van der Waals surface area contributed by atoms with Crippen molar-refractivity contribution in [3.8, 4) is 11.4 Å². The number of hydrogen-bond donors (Lipinski definition) is 1. The Kier molecular flexibility index (Phi) is 4.52. The number of hydrogen-bond acceptors (Lipinski definition) is 7. The topological polar surface area (TPSA) is 110 Å². The van der Waals surface area contributed by atoms with E-state index < -0.39 is 22.1 Å². The Morgan fingerprint density at radius 3 is 2.58 bits per heavy atom. The highest BCUT2D eigenvalue weighted by atomic mass is 32.2. The van der Waals surface area contributed by atoms with Gasteiger partial charge in [-0.15, -0.1) is 5.10 Å². The van der Waals surface area contributed by atoms with Gasteiger partial charge in [0.05, 0.1) is 31.7 Å². The van der Waals surface area contributed by atoms with Crippen LogP contribution in [0.2, 0.25) is 0 Å². The molecular formula is C14H19N5O4S. The van der Waals surface area contributed by atoms with Crippen molar-refractivity contribution in [1.82, 2.24) is 24.5 Å². The second-order valence-electron chi connectivity index (χ2n) is 5.67. The Morgan fingerprint density at radius 1 is 1.29 bits per heavy atom. The molecule has 1 N–H and O–H groups in total. The number of tetrazole rings is 1. The minimum atomic E-state index is -3.50. The Labute approximate surface area is 139 Å². The molecule has 9 nitrogen and oxygen atoms in total. The first-order valence-corrected chi connectivity index (χ1v) is 9.32. The van der Waals surface area contributed by atoms with Gasteiger partial charge >= 0.3 is 0 Å². The molecule has 1 fully saturated rings. The first-order valence-electron chi connectivity index (χ1n) is 7.47. The van der Waals surface area contributed by atoms with Gasteiger partial charge in [0.15, 0.2) is 5.82 Å². The number of methoxy groups -OCH3 is 1. The van der Waals surface area contributed by atoms with Crippen molar-refractivity contribution >= 4 is 10.0 Å². The largest absolute Gasteiger partial charge is 0.497 e. The van der Waals surface area contributed by atoms with Crippen LogP contribution >= 0.6 is 0 Å². The fourth-order valence-corrected chi connectivity index (χ4v) is 4.46. The minimum absolute atomic E-state index is 0.229. The van der Waals surface area contributed by atoms with E-state index in [9.17, 15) is 13.5 Å². The molecular weight excluding hydrogens is 334 g/mol. The number of nitrogens with zero attached hydrogens (tertiary/aromatic N) is 5. The van der Waals surface area contributed by atoms with Gasteiger partial charge in [-0.25, -0.2) is 8.42 Å². The van der Waals surface area contributed by atoms with E-state index in [4.69, 9.17) is 4.74 Å². The number of rotatable bonds is 5. The Balaban J connectivity index is 2.00. The molecule has 1 aliphatic heterocycles. The maximum absolute atomic E-state index is 12.2. The van der Waals surface area contributed by atoms with Gasteiger partial charge in [0.2, 0.25) is 10.0 Å². The molecule has 3 rings (SSSR count). The molecule has 0 spiro atoms. The summed E-state index contributed by atoms with van der Waals surface area (Å²) >= 11 is 0. The summed E-state index contributed by atoms with van der Waals surface area (Å²) in [5, 5.41) is 21.2. The average Bonchev–Trinajstić information content (AvgIpc) is 3.20. The Hall–Kier alpha value is -2.04. The van der Waals surface area contributed by atoms with E-state index in [0.717, 1.165) is 6.26 Å². The number of ether oxygens (including phenoxy) is 1. The van der Waals surface area contributed by atoms with Crippen LogP contribution in [0.1, 0.15) is 24.7 Å². The van der Waals surface area contributed by atoms with Crippen LogP contribution in [0.3, 0.4) is 0 Å². The summed E-state index contributed by atoms with van der Waals surface area (Å²) in [7, 11) is -1.93. The molecule has 2 heterocycles. The highest BCUT2D eigenvalue weighted by Crippen LogP contribution is 2.37. The van der Waals surface area contributed by atoms with E-state index in [2.05, 4.69) is 15.5 Å². The molecule has 0 unspecified atom stereocenters. The predicted octanol–water partition coefficient (Wildman–Crippen LogP) is 0.128. The maximum Gasteiger partial charge on any atom is 0.212 e. The van der Waals surface area contributed by atoms with E-state index in [1.54, 1.807) is 31.4 Å². The van der Waals surface area contributed by atoms with Crippen LogP contribution in [-0.2, 0) is 10.0 Å². The van der Waals surface area contributed by atoms with Gasteiger partial charge in [-0.2, -0.15) is 8.99 Å². The molecule has 2 atom stereocenters. The van der Waals surface area contributed by atoms with Crippen molar-refractivity contribution in [2.45, 2.75) is 24.9 Å². The van der Waals surface area contributed by atoms with Crippen LogP contribution in [0.25, 0.3) is 5.69 Å². The summed E-state index contributed by atoms with van der Waals surface area (Å²) in [6.45, 7) is -0.229. The number of aliphatic hydroxyl groups is 1. The summed E-state index contributed by atoms with van der Waals surface area (Å²) in [6, 6.07) is 6.19. The summed E-state index contributed by atoms with van der Waals surface area (Å²) in [6.07, 6.45) is 2.24. The second kappa shape index (κ2) is 6.46. The van der Waals surface area contributed by atoms with Crippen LogP contribution in [0.5, 0.6) is 5.75 Å². The van der Waals surface area contributed by atoms with Crippen LogP contribution < -0.4 is 4.74 Å². The van der Waals surface area contributed by atoms with Crippen molar-refractivity contribution in [3.05, 3.63) is 30.1 Å². The quantitative estimate of drug-likeness (QED) is 0.813. The lowest BCUT2D eigenvalue weighted by Crippen LogP contribution is -2.39. The third-order valence-electron chi connectivity index (χ3n) is 4.14. The SMILES string of the molecule is COc1ccc(-n2nnnc2[C@H]2CC[C@@H](CO)N2S(C)(=O)=O)cc1. The normalized spacial score (nSPS) is 22.0. The first kappa shape index (κ1) is 16.8. The molecule has 24 heavy (non-hydrogen) atoms. The zero-order valence-electron chi connectivity index (χ0n) is 13.4. The summed E-state index contributed by atoms with van der Waals surface area (Å²) in [5.41, 5.74) is 0.705. The van der Waals surface area contributed by atoms with E-state index in [1.807, 2.05) is 0 Å². The van der Waals surface area contributed by atoms with Gasteiger partial charge in [0.25, 0.3) is 0 Å². The van der Waals surface area contributed by atoms with E-state index in [-0.39, 0.29) is 6.61 Å². The number of aromatic nitrogens is 4. The van der Waals surface area contributed by atoms with Gasteiger partial charge in [-0.05, 0) is 47.5 Å². The average molecular weight is 353 g/mol. The van der Waals surface area contributed by atoms with E-state index >= 15 is 0 Å². The third kappa shape index (κ3) is 2.99. The van der Waals surface area contributed by atoms with E-state index in [0.29, 0.717) is 30.1 Å². The molecule has 0 amide bonds. The lowest BCUT2D eigenvalue weighted by Gasteiger charge is -2.26.